The summed E-state index contributed by atoms with van der Waals surface area (Å²) in [4.78, 5) is 1.39. The summed E-state index contributed by atoms with van der Waals surface area (Å²) in [5.74, 6) is 0. The molecule has 0 aliphatic rings. The molecule has 0 saturated heterocycles. The molecule has 0 aliphatic carbocycles. The predicted molar refractivity (Wildman–Crippen MR) is 66.1 cm³/mol. The van der Waals surface area contributed by atoms with Gasteiger partial charge in [-0.3, -0.25) is 0 Å². The molecule has 14 heavy (non-hydrogen) atoms. The topological polar surface area (TPSA) is 0 Å². The summed E-state index contributed by atoms with van der Waals surface area (Å²) in [6.07, 6.45) is 8.79. The van der Waals surface area contributed by atoms with Crippen molar-refractivity contribution in [2.45, 2.75) is 43.9 Å². The van der Waals surface area contributed by atoms with Crippen LogP contribution in [0.4, 0.5) is 0 Å². The minimum atomic E-state index is 1.24. The molecule has 78 valence electrons. The fourth-order valence-corrected chi connectivity index (χ4v) is 2.07. The number of rotatable bonds is 6. The maximum absolute atomic E-state index is 2.32. The number of benzene rings is 1. The van der Waals surface area contributed by atoms with E-state index in [1.165, 1.54) is 42.6 Å². The molecular formula is C13H20S. The zero-order valence-electron chi connectivity index (χ0n) is 9.25. The Bertz CT molecular complexity index is 255. The quantitative estimate of drug-likeness (QED) is 0.489. The van der Waals surface area contributed by atoms with Gasteiger partial charge in [-0.15, -0.1) is 11.8 Å². The Morgan fingerprint density at radius 1 is 1.14 bits per heavy atom. The van der Waals surface area contributed by atoms with Crippen LogP contribution in [0.25, 0.3) is 0 Å². The molecule has 0 bridgehead atoms. The molecule has 1 heteroatoms. The summed E-state index contributed by atoms with van der Waals surface area (Å²) in [7, 11) is 0. The van der Waals surface area contributed by atoms with Crippen LogP contribution in [0.5, 0.6) is 0 Å². The molecule has 1 aromatic rings. The van der Waals surface area contributed by atoms with Gasteiger partial charge in [0.25, 0.3) is 0 Å². The van der Waals surface area contributed by atoms with E-state index in [9.17, 15) is 0 Å². The number of hydrogen-bond acceptors (Lipinski definition) is 1. The normalized spacial score (nSPS) is 10.4. The van der Waals surface area contributed by atoms with Gasteiger partial charge in [-0.05, 0) is 36.8 Å². The van der Waals surface area contributed by atoms with Crippen molar-refractivity contribution in [1.29, 1.82) is 0 Å². The molecule has 0 radical (unpaired) electrons. The molecular weight excluding hydrogens is 188 g/mol. The van der Waals surface area contributed by atoms with Crippen molar-refractivity contribution in [1.82, 2.24) is 0 Å². The van der Waals surface area contributed by atoms with E-state index in [4.69, 9.17) is 0 Å². The van der Waals surface area contributed by atoms with Gasteiger partial charge in [0.2, 0.25) is 0 Å². The Balaban J connectivity index is 2.34. The molecule has 0 atom stereocenters. The van der Waals surface area contributed by atoms with E-state index in [0.29, 0.717) is 0 Å². The zero-order chi connectivity index (χ0) is 10.2. The summed E-state index contributed by atoms with van der Waals surface area (Å²) >= 11 is 1.83. The van der Waals surface area contributed by atoms with Gasteiger partial charge in [-0.25, -0.2) is 0 Å². The Hall–Kier alpha value is -0.430. The van der Waals surface area contributed by atoms with E-state index in [1.807, 2.05) is 11.8 Å². The third kappa shape index (κ3) is 4.19. The van der Waals surface area contributed by atoms with Crippen molar-refractivity contribution in [2.24, 2.45) is 0 Å². The summed E-state index contributed by atoms with van der Waals surface area (Å²) in [5.41, 5.74) is 1.49. The van der Waals surface area contributed by atoms with Crippen molar-refractivity contribution in [3.05, 3.63) is 29.8 Å². The first-order valence-corrected chi connectivity index (χ1v) is 6.72. The standard InChI is InChI=1S/C13H20S/c1-3-4-5-6-8-12-9-7-10-13(11-12)14-2/h7,9-11H,3-6,8H2,1-2H3. The maximum Gasteiger partial charge on any atom is 0.00718 e. The molecule has 0 fully saturated rings. The van der Waals surface area contributed by atoms with Gasteiger partial charge in [0, 0.05) is 4.90 Å². The Labute approximate surface area is 92.1 Å². The van der Waals surface area contributed by atoms with Crippen LogP contribution in [0.3, 0.4) is 0 Å². The zero-order valence-corrected chi connectivity index (χ0v) is 10.1. The van der Waals surface area contributed by atoms with Gasteiger partial charge in [0.15, 0.2) is 0 Å². The molecule has 1 aromatic carbocycles. The van der Waals surface area contributed by atoms with E-state index in [0.717, 1.165) is 0 Å². The third-order valence-corrected chi connectivity index (χ3v) is 3.18. The highest BCUT2D eigenvalue weighted by atomic mass is 32.2. The second-order valence-corrected chi connectivity index (χ2v) is 4.54. The van der Waals surface area contributed by atoms with Crippen molar-refractivity contribution in [3.63, 3.8) is 0 Å². The molecule has 0 amide bonds. The number of unbranched alkanes of at least 4 members (excludes halogenated alkanes) is 3. The fourth-order valence-electron chi connectivity index (χ4n) is 1.58. The second-order valence-electron chi connectivity index (χ2n) is 3.66. The summed E-state index contributed by atoms with van der Waals surface area (Å²) in [6, 6.07) is 8.91. The van der Waals surface area contributed by atoms with Crippen LogP contribution in [-0.4, -0.2) is 6.26 Å². The average Bonchev–Trinajstić information content (AvgIpc) is 2.25. The molecule has 0 saturated carbocycles. The smallest absolute Gasteiger partial charge is 0.00718 e. The van der Waals surface area contributed by atoms with E-state index in [1.54, 1.807) is 0 Å². The lowest BCUT2D eigenvalue weighted by Gasteiger charge is -2.03. The van der Waals surface area contributed by atoms with E-state index < -0.39 is 0 Å². The monoisotopic (exact) mass is 208 g/mol. The number of aryl methyl sites for hydroxylation is 1. The Morgan fingerprint density at radius 2 is 2.00 bits per heavy atom. The summed E-state index contributed by atoms with van der Waals surface area (Å²) < 4.78 is 0. The Kier molecular flexibility index (Phi) is 5.77. The van der Waals surface area contributed by atoms with E-state index in [2.05, 4.69) is 37.4 Å². The largest absolute Gasteiger partial charge is 0.130 e. The lowest BCUT2D eigenvalue weighted by atomic mass is 10.1. The highest BCUT2D eigenvalue weighted by Crippen LogP contribution is 2.17. The third-order valence-electron chi connectivity index (χ3n) is 2.45. The number of hydrogen-bond donors (Lipinski definition) is 0. The van der Waals surface area contributed by atoms with Gasteiger partial charge < -0.3 is 0 Å². The van der Waals surface area contributed by atoms with E-state index in [-0.39, 0.29) is 0 Å². The molecule has 0 nitrogen and oxygen atoms in total. The van der Waals surface area contributed by atoms with Gasteiger partial charge in [0.1, 0.15) is 0 Å². The van der Waals surface area contributed by atoms with Crippen LogP contribution in [-0.2, 0) is 6.42 Å². The van der Waals surface area contributed by atoms with Gasteiger partial charge in [-0.2, -0.15) is 0 Å². The van der Waals surface area contributed by atoms with Gasteiger partial charge in [-0.1, -0.05) is 38.3 Å². The predicted octanol–water partition coefficient (Wildman–Crippen LogP) is 4.53. The lowest BCUT2D eigenvalue weighted by molar-refractivity contribution is 0.666. The minimum absolute atomic E-state index is 1.24. The van der Waals surface area contributed by atoms with Gasteiger partial charge >= 0.3 is 0 Å². The van der Waals surface area contributed by atoms with Crippen LogP contribution in [0.1, 0.15) is 38.2 Å². The van der Waals surface area contributed by atoms with Gasteiger partial charge in [0.05, 0.1) is 0 Å². The van der Waals surface area contributed by atoms with Crippen molar-refractivity contribution < 1.29 is 0 Å². The molecule has 0 aliphatic heterocycles. The molecule has 1 rings (SSSR count). The Morgan fingerprint density at radius 3 is 2.71 bits per heavy atom. The van der Waals surface area contributed by atoms with Crippen LogP contribution < -0.4 is 0 Å². The van der Waals surface area contributed by atoms with Crippen LogP contribution in [0, 0.1) is 0 Å². The first-order valence-electron chi connectivity index (χ1n) is 5.49. The average molecular weight is 208 g/mol. The maximum atomic E-state index is 2.32. The second kappa shape index (κ2) is 6.94. The van der Waals surface area contributed by atoms with E-state index >= 15 is 0 Å². The SMILES string of the molecule is CCCCCCc1cccc(SC)c1. The van der Waals surface area contributed by atoms with Crippen LogP contribution >= 0.6 is 11.8 Å². The van der Waals surface area contributed by atoms with Crippen molar-refractivity contribution in [2.75, 3.05) is 6.26 Å². The molecule has 0 spiro atoms. The molecule has 0 N–H and O–H groups in total. The van der Waals surface area contributed by atoms with Crippen LogP contribution in [0.2, 0.25) is 0 Å². The lowest BCUT2D eigenvalue weighted by Crippen LogP contribution is -1.85. The number of thioether (sulfide) groups is 1. The summed E-state index contributed by atoms with van der Waals surface area (Å²) in [6.45, 7) is 2.26. The molecule has 0 heterocycles. The van der Waals surface area contributed by atoms with Crippen molar-refractivity contribution in [3.8, 4) is 0 Å². The van der Waals surface area contributed by atoms with Crippen LogP contribution in [0.15, 0.2) is 29.2 Å². The summed E-state index contributed by atoms with van der Waals surface area (Å²) in [5, 5.41) is 0. The molecule has 0 aromatic heterocycles. The molecule has 0 unspecified atom stereocenters. The first kappa shape index (κ1) is 11.6. The first-order chi connectivity index (χ1) is 6.86. The highest BCUT2D eigenvalue weighted by Gasteiger charge is 1.95. The fraction of sp³-hybridized carbons (Fsp3) is 0.538. The minimum Gasteiger partial charge on any atom is -0.130 e. The van der Waals surface area contributed by atoms with Crippen molar-refractivity contribution >= 4 is 11.8 Å². The highest BCUT2D eigenvalue weighted by molar-refractivity contribution is 7.98.